The number of aliphatic carboxylic acids is 1. The summed E-state index contributed by atoms with van der Waals surface area (Å²) in [6, 6.07) is 6.23. The fraction of sp³-hybridized carbons (Fsp3) is 0.579. The number of benzene rings is 1. The van der Waals surface area contributed by atoms with Crippen LogP contribution in [0.25, 0.3) is 0 Å². The van der Waals surface area contributed by atoms with Crippen molar-refractivity contribution in [3.8, 4) is 0 Å². The highest BCUT2D eigenvalue weighted by atomic mass is 19.1. The zero-order chi connectivity index (χ0) is 17.8. The second-order valence-electron chi connectivity index (χ2n) is 6.91. The van der Waals surface area contributed by atoms with E-state index in [9.17, 15) is 19.1 Å². The smallest absolute Gasteiger partial charge is 0.309 e. The highest BCUT2D eigenvalue weighted by molar-refractivity contribution is 5.76. The van der Waals surface area contributed by atoms with E-state index in [0.29, 0.717) is 39.0 Å². The number of carboxylic acids is 1. The van der Waals surface area contributed by atoms with E-state index in [-0.39, 0.29) is 23.7 Å². The Kier molecular flexibility index (Phi) is 5.68. The maximum Gasteiger partial charge on any atom is 0.309 e. The number of carboxylic acid groups (broad SMARTS) is 1. The molecule has 1 aromatic rings. The van der Waals surface area contributed by atoms with E-state index >= 15 is 0 Å². The molecule has 2 heterocycles. The second-order valence-corrected chi connectivity index (χ2v) is 6.91. The van der Waals surface area contributed by atoms with Gasteiger partial charge in [0.2, 0.25) is 5.91 Å². The fourth-order valence-electron chi connectivity index (χ4n) is 3.88. The molecule has 0 aliphatic carbocycles. The second kappa shape index (κ2) is 7.95. The maximum absolute atomic E-state index is 12.9. The lowest BCUT2D eigenvalue weighted by Gasteiger charge is -2.35. The lowest BCUT2D eigenvalue weighted by Crippen LogP contribution is -2.43. The molecule has 136 valence electrons. The van der Waals surface area contributed by atoms with Crippen LogP contribution in [0.2, 0.25) is 0 Å². The molecule has 0 spiro atoms. The van der Waals surface area contributed by atoms with Gasteiger partial charge in [-0.25, -0.2) is 4.39 Å². The number of hydrogen-bond donors (Lipinski definition) is 1. The van der Waals surface area contributed by atoms with E-state index in [1.165, 1.54) is 12.1 Å². The van der Waals surface area contributed by atoms with E-state index in [2.05, 4.69) is 0 Å². The van der Waals surface area contributed by atoms with E-state index in [0.717, 1.165) is 18.4 Å². The minimum atomic E-state index is -0.777. The topological polar surface area (TPSA) is 66.8 Å². The third kappa shape index (κ3) is 4.37. The van der Waals surface area contributed by atoms with Crippen LogP contribution in [0.3, 0.4) is 0 Å². The number of carbonyl (C=O) groups is 2. The molecule has 1 N–H and O–H groups in total. The molecule has 0 radical (unpaired) electrons. The van der Waals surface area contributed by atoms with Crippen LogP contribution in [0.4, 0.5) is 4.39 Å². The van der Waals surface area contributed by atoms with Crippen molar-refractivity contribution in [3.05, 3.63) is 35.6 Å². The normalized spacial score (nSPS) is 24.4. The summed E-state index contributed by atoms with van der Waals surface area (Å²) in [6.45, 7) is 1.82. The lowest BCUT2D eigenvalue weighted by molar-refractivity contribution is -0.146. The molecule has 3 rings (SSSR count). The van der Waals surface area contributed by atoms with Crippen LogP contribution in [-0.2, 0) is 20.7 Å². The summed E-state index contributed by atoms with van der Waals surface area (Å²) in [7, 11) is 0. The first-order chi connectivity index (χ1) is 12.0. The van der Waals surface area contributed by atoms with Crippen LogP contribution in [-0.4, -0.2) is 47.7 Å². The standard InChI is InChI=1S/C19H24FNO4/c20-15-4-1-13(2-5-15)3-6-17(22)21-10-7-14(8-11-21)18-16(19(23)24)9-12-25-18/h1-2,4-5,14,16,18H,3,6-12H2,(H,23,24)/t16?,18-/m0/s1. The molecule has 5 nitrogen and oxygen atoms in total. The molecule has 6 heteroatoms. The molecule has 25 heavy (non-hydrogen) atoms. The summed E-state index contributed by atoms with van der Waals surface area (Å²) in [5.74, 6) is -1.15. The summed E-state index contributed by atoms with van der Waals surface area (Å²) in [5, 5.41) is 9.28. The first-order valence-electron chi connectivity index (χ1n) is 8.91. The predicted molar refractivity (Wildman–Crippen MR) is 89.5 cm³/mol. The van der Waals surface area contributed by atoms with Gasteiger partial charge in [-0.1, -0.05) is 12.1 Å². The van der Waals surface area contributed by atoms with Crippen molar-refractivity contribution < 1.29 is 23.8 Å². The number of nitrogens with zero attached hydrogens (tertiary/aromatic N) is 1. The third-order valence-electron chi connectivity index (χ3n) is 5.35. The Balaban J connectivity index is 1.46. The Bertz CT molecular complexity index is 610. The Labute approximate surface area is 146 Å². The number of aryl methyl sites for hydroxylation is 1. The molecule has 0 saturated carbocycles. The van der Waals surface area contributed by atoms with Gasteiger partial charge in [-0.3, -0.25) is 9.59 Å². The Morgan fingerprint density at radius 3 is 2.48 bits per heavy atom. The Hall–Kier alpha value is -1.95. The van der Waals surface area contributed by atoms with Crippen LogP contribution in [0.5, 0.6) is 0 Å². The number of likely N-dealkylation sites (tertiary alicyclic amines) is 1. The highest BCUT2D eigenvalue weighted by Crippen LogP contribution is 2.33. The number of ether oxygens (including phenoxy) is 1. The minimum absolute atomic E-state index is 0.102. The molecular formula is C19H24FNO4. The molecule has 1 unspecified atom stereocenters. The van der Waals surface area contributed by atoms with Crippen LogP contribution in [0.15, 0.2) is 24.3 Å². The average molecular weight is 349 g/mol. The Morgan fingerprint density at radius 1 is 1.16 bits per heavy atom. The van der Waals surface area contributed by atoms with Crippen molar-refractivity contribution >= 4 is 11.9 Å². The first kappa shape index (κ1) is 17.9. The maximum atomic E-state index is 12.9. The van der Waals surface area contributed by atoms with Gasteiger partial charge in [0, 0.05) is 26.1 Å². The van der Waals surface area contributed by atoms with Crippen LogP contribution < -0.4 is 0 Å². The van der Waals surface area contributed by atoms with Crippen molar-refractivity contribution in [2.45, 2.75) is 38.2 Å². The van der Waals surface area contributed by atoms with Crippen molar-refractivity contribution in [2.24, 2.45) is 11.8 Å². The average Bonchev–Trinajstić information content (AvgIpc) is 3.11. The number of hydrogen-bond acceptors (Lipinski definition) is 3. The van der Waals surface area contributed by atoms with E-state index in [4.69, 9.17) is 4.74 Å². The van der Waals surface area contributed by atoms with Crippen LogP contribution in [0, 0.1) is 17.7 Å². The minimum Gasteiger partial charge on any atom is -0.481 e. The molecule has 2 atom stereocenters. The fourth-order valence-corrected chi connectivity index (χ4v) is 3.88. The summed E-state index contributed by atoms with van der Waals surface area (Å²) >= 11 is 0. The van der Waals surface area contributed by atoms with Gasteiger partial charge in [0.15, 0.2) is 0 Å². The molecule has 2 aliphatic rings. The van der Waals surface area contributed by atoms with E-state index in [1.54, 1.807) is 12.1 Å². The molecule has 1 aromatic carbocycles. The van der Waals surface area contributed by atoms with Crippen LogP contribution >= 0.6 is 0 Å². The quantitative estimate of drug-likeness (QED) is 0.887. The molecule has 1 amide bonds. The molecule has 2 saturated heterocycles. The largest absolute Gasteiger partial charge is 0.481 e. The van der Waals surface area contributed by atoms with Crippen molar-refractivity contribution in [2.75, 3.05) is 19.7 Å². The number of piperidine rings is 1. The van der Waals surface area contributed by atoms with Gasteiger partial charge in [0.25, 0.3) is 0 Å². The van der Waals surface area contributed by atoms with Gasteiger partial charge in [-0.05, 0) is 49.3 Å². The zero-order valence-corrected chi connectivity index (χ0v) is 14.2. The summed E-state index contributed by atoms with van der Waals surface area (Å²) in [4.78, 5) is 25.5. The highest BCUT2D eigenvalue weighted by Gasteiger charge is 2.40. The molecule has 2 aliphatic heterocycles. The summed E-state index contributed by atoms with van der Waals surface area (Å²) in [5.41, 5.74) is 0.952. The number of halogens is 1. The van der Waals surface area contributed by atoms with Gasteiger partial charge in [-0.15, -0.1) is 0 Å². The van der Waals surface area contributed by atoms with E-state index < -0.39 is 11.9 Å². The van der Waals surface area contributed by atoms with Crippen molar-refractivity contribution in [1.29, 1.82) is 0 Å². The van der Waals surface area contributed by atoms with Gasteiger partial charge < -0.3 is 14.7 Å². The Morgan fingerprint density at radius 2 is 1.84 bits per heavy atom. The molecule has 2 fully saturated rings. The number of rotatable bonds is 5. The van der Waals surface area contributed by atoms with Crippen LogP contribution in [0.1, 0.15) is 31.2 Å². The van der Waals surface area contributed by atoms with Crippen molar-refractivity contribution in [1.82, 2.24) is 4.90 Å². The molecule has 0 aromatic heterocycles. The van der Waals surface area contributed by atoms with Gasteiger partial charge >= 0.3 is 5.97 Å². The number of amides is 1. The summed E-state index contributed by atoms with van der Waals surface area (Å²) < 4.78 is 18.6. The van der Waals surface area contributed by atoms with Gasteiger partial charge in [-0.2, -0.15) is 0 Å². The molecule has 0 bridgehead atoms. The predicted octanol–water partition coefficient (Wildman–Crippen LogP) is 2.49. The third-order valence-corrected chi connectivity index (χ3v) is 5.35. The van der Waals surface area contributed by atoms with E-state index in [1.807, 2.05) is 4.90 Å². The van der Waals surface area contributed by atoms with Gasteiger partial charge in [0.05, 0.1) is 12.0 Å². The summed E-state index contributed by atoms with van der Waals surface area (Å²) in [6.07, 6.45) is 2.96. The lowest BCUT2D eigenvalue weighted by atomic mass is 9.84. The molecular weight excluding hydrogens is 325 g/mol. The van der Waals surface area contributed by atoms with Crippen molar-refractivity contribution in [3.63, 3.8) is 0 Å². The monoisotopic (exact) mass is 349 g/mol. The number of carbonyl (C=O) groups excluding carboxylic acids is 1. The zero-order valence-electron chi connectivity index (χ0n) is 14.2. The van der Waals surface area contributed by atoms with Gasteiger partial charge in [0.1, 0.15) is 5.82 Å². The first-order valence-corrected chi connectivity index (χ1v) is 8.91. The SMILES string of the molecule is O=C(O)C1CCO[C@H]1C1CCN(C(=O)CCc2ccc(F)cc2)CC1.